The van der Waals surface area contributed by atoms with Crippen molar-refractivity contribution in [3.8, 4) is 17.2 Å². The number of hydrogen-bond acceptors (Lipinski definition) is 5. The van der Waals surface area contributed by atoms with Crippen molar-refractivity contribution in [1.82, 2.24) is 10.3 Å². The number of fused-ring (bicyclic) bond motifs is 1. The summed E-state index contributed by atoms with van der Waals surface area (Å²) in [5, 5.41) is 22.5. The highest BCUT2D eigenvalue weighted by Crippen LogP contribution is 2.34. The predicted octanol–water partition coefficient (Wildman–Crippen LogP) is 3.58. The van der Waals surface area contributed by atoms with E-state index in [1.165, 1.54) is 0 Å². The Labute approximate surface area is 160 Å². The number of amides is 1. The van der Waals surface area contributed by atoms with Crippen LogP contribution in [0.2, 0.25) is 0 Å². The Balaban J connectivity index is 2.05. The first-order chi connectivity index (χ1) is 13.5. The lowest BCUT2D eigenvalue weighted by Crippen LogP contribution is -2.30. The van der Waals surface area contributed by atoms with Gasteiger partial charge in [-0.15, -0.1) is 0 Å². The Morgan fingerprint density at radius 1 is 1.11 bits per heavy atom. The van der Waals surface area contributed by atoms with Crippen LogP contribution in [0.15, 0.2) is 54.6 Å². The van der Waals surface area contributed by atoms with E-state index >= 15 is 0 Å². The molecule has 7 nitrogen and oxygen atoms in total. The second-order valence-corrected chi connectivity index (χ2v) is 5.89. The molecule has 0 bridgehead atoms. The standard InChI is InChI=1S/C21H18N2O5/c1-2-6-17-16-11-14(28-13-7-4-3-5-8-13)9-10-15(16)20(26)19(23-17)21(27)22-12-18(24)25/h2-11,26H,12H2,1H3,(H,22,27)(H,24,25)/b6-2+. The molecule has 7 heteroatoms. The quantitative estimate of drug-likeness (QED) is 0.605. The van der Waals surface area contributed by atoms with Gasteiger partial charge in [0.05, 0.1) is 5.69 Å². The third kappa shape index (κ3) is 4.09. The number of ether oxygens (including phenoxy) is 1. The van der Waals surface area contributed by atoms with Crippen LogP contribution in [-0.4, -0.2) is 33.6 Å². The monoisotopic (exact) mass is 378 g/mol. The molecule has 0 saturated heterocycles. The molecule has 142 valence electrons. The zero-order valence-corrected chi connectivity index (χ0v) is 15.0. The molecular formula is C21H18N2O5. The van der Waals surface area contributed by atoms with E-state index in [2.05, 4.69) is 10.3 Å². The maximum atomic E-state index is 12.2. The van der Waals surface area contributed by atoms with Crippen LogP contribution in [0.25, 0.3) is 16.8 Å². The molecule has 0 aliphatic heterocycles. The normalized spacial score (nSPS) is 10.9. The minimum absolute atomic E-state index is 0.237. The SMILES string of the molecule is C/C=C/c1nc(C(=O)NCC(=O)O)c(O)c2ccc(Oc3ccccc3)cc12. The van der Waals surface area contributed by atoms with Crippen molar-refractivity contribution in [2.45, 2.75) is 6.92 Å². The van der Waals surface area contributed by atoms with E-state index in [0.717, 1.165) is 0 Å². The first-order valence-corrected chi connectivity index (χ1v) is 8.52. The Hall–Kier alpha value is -3.87. The number of nitrogens with zero attached hydrogens (tertiary/aromatic N) is 1. The van der Waals surface area contributed by atoms with E-state index in [-0.39, 0.29) is 11.4 Å². The van der Waals surface area contributed by atoms with Crippen molar-refractivity contribution in [3.05, 3.63) is 66.0 Å². The zero-order chi connectivity index (χ0) is 20.1. The van der Waals surface area contributed by atoms with Crippen LogP contribution in [0.4, 0.5) is 0 Å². The fraction of sp³-hybridized carbons (Fsp3) is 0.0952. The number of para-hydroxylation sites is 1. The number of pyridine rings is 1. The molecule has 1 aromatic heterocycles. The number of carbonyl (C=O) groups is 2. The number of rotatable bonds is 6. The van der Waals surface area contributed by atoms with Crippen LogP contribution in [0, 0.1) is 0 Å². The highest BCUT2D eigenvalue weighted by atomic mass is 16.5. The average molecular weight is 378 g/mol. The third-order valence-electron chi connectivity index (χ3n) is 3.90. The molecule has 1 amide bonds. The predicted molar refractivity (Wildman–Crippen MR) is 105 cm³/mol. The number of benzene rings is 2. The number of aromatic hydroxyl groups is 1. The Morgan fingerprint density at radius 3 is 2.54 bits per heavy atom. The Kier molecular flexibility index (Phi) is 5.55. The molecule has 0 atom stereocenters. The van der Waals surface area contributed by atoms with Crippen LogP contribution in [0.1, 0.15) is 23.1 Å². The topological polar surface area (TPSA) is 109 Å². The second-order valence-electron chi connectivity index (χ2n) is 5.89. The van der Waals surface area contributed by atoms with Crippen LogP contribution < -0.4 is 10.1 Å². The molecule has 0 fully saturated rings. The van der Waals surface area contributed by atoms with Gasteiger partial charge < -0.3 is 20.3 Å². The fourth-order valence-electron chi connectivity index (χ4n) is 2.67. The molecule has 0 radical (unpaired) electrons. The van der Waals surface area contributed by atoms with Gasteiger partial charge in [-0.1, -0.05) is 24.3 Å². The van der Waals surface area contributed by atoms with Crippen molar-refractivity contribution < 1.29 is 24.5 Å². The Bertz CT molecular complexity index is 1060. The highest BCUT2D eigenvalue weighted by Gasteiger charge is 2.19. The summed E-state index contributed by atoms with van der Waals surface area (Å²) in [6, 6.07) is 14.3. The highest BCUT2D eigenvalue weighted by molar-refractivity contribution is 6.04. The molecular weight excluding hydrogens is 360 g/mol. The number of allylic oxidation sites excluding steroid dienone is 1. The zero-order valence-electron chi connectivity index (χ0n) is 15.0. The molecule has 0 aliphatic rings. The summed E-state index contributed by atoms with van der Waals surface area (Å²) in [6.45, 7) is 1.23. The number of carboxylic acids is 1. The van der Waals surface area contributed by atoms with E-state index in [1.807, 2.05) is 30.3 Å². The first-order valence-electron chi connectivity index (χ1n) is 8.52. The van der Waals surface area contributed by atoms with Crippen molar-refractivity contribution in [3.63, 3.8) is 0 Å². The van der Waals surface area contributed by atoms with Crippen LogP contribution in [0.3, 0.4) is 0 Å². The number of carbonyl (C=O) groups excluding carboxylic acids is 1. The molecule has 3 N–H and O–H groups in total. The van der Waals surface area contributed by atoms with Crippen LogP contribution in [0.5, 0.6) is 17.2 Å². The average Bonchev–Trinajstić information content (AvgIpc) is 2.69. The molecule has 0 spiro atoms. The first kappa shape index (κ1) is 18.9. The fourth-order valence-corrected chi connectivity index (χ4v) is 2.67. The molecule has 3 aromatic rings. The van der Waals surface area contributed by atoms with Gasteiger partial charge in [0.15, 0.2) is 11.4 Å². The lowest BCUT2D eigenvalue weighted by Gasteiger charge is -2.12. The van der Waals surface area contributed by atoms with Crippen LogP contribution in [-0.2, 0) is 4.79 Å². The van der Waals surface area contributed by atoms with Crippen molar-refractivity contribution >= 4 is 28.7 Å². The number of hydrogen-bond donors (Lipinski definition) is 3. The summed E-state index contributed by atoms with van der Waals surface area (Å²) in [7, 11) is 0. The molecule has 0 aliphatic carbocycles. The maximum absolute atomic E-state index is 12.2. The van der Waals surface area contributed by atoms with Gasteiger partial charge in [-0.25, -0.2) is 4.98 Å². The number of aromatic nitrogens is 1. The minimum atomic E-state index is -1.19. The third-order valence-corrected chi connectivity index (χ3v) is 3.90. The summed E-state index contributed by atoms with van der Waals surface area (Å²) in [6.07, 6.45) is 3.45. The van der Waals surface area contributed by atoms with Gasteiger partial charge in [0.2, 0.25) is 0 Å². The molecule has 1 heterocycles. The molecule has 28 heavy (non-hydrogen) atoms. The maximum Gasteiger partial charge on any atom is 0.322 e. The second kappa shape index (κ2) is 8.22. The van der Waals surface area contributed by atoms with Gasteiger partial charge in [-0.3, -0.25) is 9.59 Å². The lowest BCUT2D eigenvalue weighted by molar-refractivity contribution is -0.135. The largest absolute Gasteiger partial charge is 0.505 e. The lowest BCUT2D eigenvalue weighted by atomic mass is 10.1. The molecule has 3 rings (SSSR count). The van der Waals surface area contributed by atoms with E-state index in [0.29, 0.717) is 28.0 Å². The van der Waals surface area contributed by atoms with Crippen LogP contribution >= 0.6 is 0 Å². The van der Waals surface area contributed by atoms with Gasteiger partial charge in [-0.2, -0.15) is 0 Å². The van der Waals surface area contributed by atoms with Crippen molar-refractivity contribution in [2.75, 3.05) is 6.54 Å². The number of nitrogens with one attached hydrogen (secondary N) is 1. The summed E-state index contributed by atoms with van der Waals surface area (Å²) >= 11 is 0. The van der Waals surface area contributed by atoms with Crippen molar-refractivity contribution in [1.29, 1.82) is 0 Å². The Morgan fingerprint density at radius 2 is 1.86 bits per heavy atom. The minimum Gasteiger partial charge on any atom is -0.505 e. The molecule has 0 saturated carbocycles. The van der Waals surface area contributed by atoms with E-state index in [1.54, 1.807) is 37.3 Å². The summed E-state index contributed by atoms with van der Waals surface area (Å²) in [5.74, 6) is -1.07. The summed E-state index contributed by atoms with van der Waals surface area (Å²) < 4.78 is 5.82. The number of aliphatic carboxylic acids is 1. The van der Waals surface area contributed by atoms with Gasteiger partial charge in [-0.05, 0) is 43.3 Å². The van der Waals surface area contributed by atoms with E-state index in [4.69, 9.17) is 9.84 Å². The van der Waals surface area contributed by atoms with Gasteiger partial charge in [0, 0.05) is 10.8 Å². The van der Waals surface area contributed by atoms with Gasteiger partial charge >= 0.3 is 5.97 Å². The molecule has 0 unspecified atom stereocenters. The van der Waals surface area contributed by atoms with E-state index in [9.17, 15) is 14.7 Å². The summed E-state index contributed by atoms with van der Waals surface area (Å²) in [5.41, 5.74) is 0.216. The van der Waals surface area contributed by atoms with Gasteiger partial charge in [0.25, 0.3) is 5.91 Å². The van der Waals surface area contributed by atoms with Gasteiger partial charge in [0.1, 0.15) is 18.0 Å². The number of carboxylic acid groups (broad SMARTS) is 1. The molecule has 2 aromatic carbocycles. The smallest absolute Gasteiger partial charge is 0.322 e. The van der Waals surface area contributed by atoms with Crippen molar-refractivity contribution in [2.24, 2.45) is 0 Å². The summed E-state index contributed by atoms with van der Waals surface area (Å²) in [4.78, 5) is 27.1. The van der Waals surface area contributed by atoms with E-state index < -0.39 is 18.4 Å².